The lowest BCUT2D eigenvalue weighted by Crippen LogP contribution is -1.93. The Bertz CT molecular complexity index is 408. The van der Waals surface area contributed by atoms with E-state index in [0.29, 0.717) is 12.4 Å². The van der Waals surface area contributed by atoms with Crippen molar-refractivity contribution < 1.29 is 4.74 Å². The summed E-state index contributed by atoms with van der Waals surface area (Å²) >= 11 is 0. The number of nitrogens with zero attached hydrogens (tertiary/aromatic N) is 2. The van der Waals surface area contributed by atoms with Crippen molar-refractivity contribution in [3.8, 4) is 5.75 Å². The average Bonchev–Trinajstić information content (AvgIpc) is 2.27. The van der Waals surface area contributed by atoms with Gasteiger partial charge in [-0.25, -0.2) is 4.99 Å². The van der Waals surface area contributed by atoms with Crippen LogP contribution in [0.25, 0.3) is 0 Å². The molecule has 0 fully saturated rings. The Labute approximate surface area is 82.5 Å². The van der Waals surface area contributed by atoms with E-state index in [1.165, 1.54) is 0 Å². The molecule has 14 heavy (non-hydrogen) atoms. The standard InChI is InChI=1S/C11H10N2O/c1-9-13-7-6-12-8-10-4-2-3-5-11(10)14-9/h2-7H,1,8H2/b12-6-,13-7-. The number of aliphatic imine (C=N–C) groups is 2. The first-order chi connectivity index (χ1) is 6.86. The molecular formula is C11H10N2O. The molecule has 0 bridgehead atoms. The number of fused-ring (bicyclic) bond motifs is 1. The van der Waals surface area contributed by atoms with Crippen molar-refractivity contribution in [3.63, 3.8) is 0 Å². The minimum absolute atomic E-state index is 0.380. The highest BCUT2D eigenvalue weighted by molar-refractivity contribution is 6.16. The lowest BCUT2D eigenvalue weighted by atomic mass is 10.2. The first-order valence-electron chi connectivity index (χ1n) is 4.33. The highest BCUT2D eigenvalue weighted by atomic mass is 16.5. The van der Waals surface area contributed by atoms with Crippen LogP contribution in [0.3, 0.4) is 0 Å². The van der Waals surface area contributed by atoms with Gasteiger partial charge in [0.05, 0.1) is 6.54 Å². The minimum atomic E-state index is 0.380. The third-order valence-corrected chi connectivity index (χ3v) is 1.85. The minimum Gasteiger partial charge on any atom is -0.439 e. The van der Waals surface area contributed by atoms with Gasteiger partial charge in [0.1, 0.15) is 5.75 Å². The van der Waals surface area contributed by atoms with E-state index in [9.17, 15) is 0 Å². The molecule has 2 rings (SSSR count). The Morgan fingerprint density at radius 2 is 2.07 bits per heavy atom. The second-order valence-corrected chi connectivity index (χ2v) is 2.87. The molecule has 0 atom stereocenters. The molecule has 0 saturated carbocycles. The third kappa shape index (κ3) is 1.88. The molecule has 0 N–H and O–H groups in total. The van der Waals surface area contributed by atoms with Crippen LogP contribution in [-0.2, 0) is 6.54 Å². The molecule has 0 radical (unpaired) electrons. The topological polar surface area (TPSA) is 34.0 Å². The van der Waals surface area contributed by atoms with E-state index in [1.807, 2.05) is 24.3 Å². The maximum atomic E-state index is 5.44. The largest absolute Gasteiger partial charge is 0.439 e. The second-order valence-electron chi connectivity index (χ2n) is 2.87. The molecule has 70 valence electrons. The molecule has 1 aliphatic heterocycles. The lowest BCUT2D eigenvalue weighted by Gasteiger charge is -2.07. The summed E-state index contributed by atoms with van der Waals surface area (Å²) in [4.78, 5) is 8.12. The maximum Gasteiger partial charge on any atom is 0.211 e. The molecule has 0 amide bonds. The predicted octanol–water partition coefficient (Wildman–Crippen LogP) is 2.19. The summed E-state index contributed by atoms with van der Waals surface area (Å²) < 4.78 is 5.44. The summed E-state index contributed by atoms with van der Waals surface area (Å²) in [6.45, 7) is 4.28. The van der Waals surface area contributed by atoms with E-state index in [4.69, 9.17) is 4.74 Å². The summed E-state index contributed by atoms with van der Waals surface area (Å²) in [6, 6.07) is 7.73. The van der Waals surface area contributed by atoms with Crippen LogP contribution in [0.2, 0.25) is 0 Å². The van der Waals surface area contributed by atoms with Crippen LogP contribution < -0.4 is 4.74 Å². The van der Waals surface area contributed by atoms with E-state index >= 15 is 0 Å². The van der Waals surface area contributed by atoms with Crippen molar-refractivity contribution >= 4 is 12.4 Å². The Morgan fingerprint density at radius 3 is 3.00 bits per heavy atom. The zero-order valence-electron chi connectivity index (χ0n) is 7.68. The molecule has 0 unspecified atom stereocenters. The van der Waals surface area contributed by atoms with Gasteiger partial charge in [0.25, 0.3) is 0 Å². The van der Waals surface area contributed by atoms with Crippen molar-refractivity contribution in [2.45, 2.75) is 6.54 Å². The van der Waals surface area contributed by atoms with Crippen molar-refractivity contribution in [1.29, 1.82) is 0 Å². The van der Waals surface area contributed by atoms with E-state index in [0.717, 1.165) is 11.3 Å². The van der Waals surface area contributed by atoms with Crippen molar-refractivity contribution in [2.24, 2.45) is 9.98 Å². The third-order valence-electron chi connectivity index (χ3n) is 1.85. The van der Waals surface area contributed by atoms with Crippen LogP contribution in [0, 0.1) is 0 Å². The predicted molar refractivity (Wildman–Crippen MR) is 56.9 cm³/mol. The van der Waals surface area contributed by atoms with Gasteiger partial charge in [-0.05, 0) is 12.6 Å². The van der Waals surface area contributed by atoms with Crippen LogP contribution in [0.15, 0.2) is 46.7 Å². The van der Waals surface area contributed by atoms with Crippen molar-refractivity contribution in [2.75, 3.05) is 0 Å². The van der Waals surface area contributed by atoms with Crippen molar-refractivity contribution in [3.05, 3.63) is 42.3 Å². The fourth-order valence-electron chi connectivity index (χ4n) is 1.20. The molecule has 3 nitrogen and oxygen atoms in total. The van der Waals surface area contributed by atoms with E-state index in [-0.39, 0.29) is 0 Å². The number of rotatable bonds is 0. The van der Waals surface area contributed by atoms with Gasteiger partial charge in [0.2, 0.25) is 5.88 Å². The van der Waals surface area contributed by atoms with Gasteiger partial charge < -0.3 is 4.74 Å². The first kappa shape index (κ1) is 8.69. The molecular weight excluding hydrogens is 176 g/mol. The van der Waals surface area contributed by atoms with E-state index in [1.54, 1.807) is 12.4 Å². The summed E-state index contributed by atoms with van der Waals surface area (Å²) in [5.74, 6) is 1.15. The quantitative estimate of drug-likeness (QED) is 0.611. The van der Waals surface area contributed by atoms with Crippen molar-refractivity contribution in [1.82, 2.24) is 0 Å². The smallest absolute Gasteiger partial charge is 0.211 e. The van der Waals surface area contributed by atoms with Crippen LogP contribution in [0.5, 0.6) is 5.75 Å². The molecule has 1 aromatic carbocycles. The molecule has 0 saturated heterocycles. The van der Waals surface area contributed by atoms with Gasteiger partial charge in [-0.2, -0.15) is 0 Å². The summed E-state index contributed by atoms with van der Waals surface area (Å²) in [5, 5.41) is 0. The molecule has 0 aliphatic carbocycles. The highest BCUT2D eigenvalue weighted by Crippen LogP contribution is 2.21. The molecule has 0 aromatic heterocycles. The normalized spacial score (nSPS) is 19.6. The fourth-order valence-corrected chi connectivity index (χ4v) is 1.20. The number of hydrogen-bond acceptors (Lipinski definition) is 3. The summed E-state index contributed by atoms with van der Waals surface area (Å²) in [5.41, 5.74) is 1.04. The highest BCUT2D eigenvalue weighted by Gasteiger charge is 2.03. The Hall–Kier alpha value is -1.90. The Balaban J connectivity index is 2.39. The van der Waals surface area contributed by atoms with Crippen LogP contribution in [-0.4, -0.2) is 12.4 Å². The zero-order chi connectivity index (χ0) is 9.80. The van der Waals surface area contributed by atoms with Gasteiger partial charge in [0, 0.05) is 18.0 Å². The number of benzene rings is 1. The second kappa shape index (κ2) is 3.87. The van der Waals surface area contributed by atoms with E-state index < -0.39 is 0 Å². The maximum absolute atomic E-state index is 5.44. The van der Waals surface area contributed by atoms with Crippen LogP contribution >= 0.6 is 0 Å². The van der Waals surface area contributed by atoms with Gasteiger partial charge in [-0.1, -0.05) is 18.2 Å². The SMILES string of the molecule is C=C1/N=C\C=N/Cc2ccccc2O1. The monoisotopic (exact) mass is 186 g/mol. The van der Waals surface area contributed by atoms with Gasteiger partial charge >= 0.3 is 0 Å². The number of hydrogen-bond donors (Lipinski definition) is 0. The Kier molecular flexibility index (Phi) is 2.40. The summed E-state index contributed by atoms with van der Waals surface area (Å²) in [7, 11) is 0. The van der Waals surface area contributed by atoms with Gasteiger partial charge in [-0.15, -0.1) is 0 Å². The van der Waals surface area contributed by atoms with Crippen LogP contribution in [0.4, 0.5) is 0 Å². The van der Waals surface area contributed by atoms with Gasteiger partial charge in [-0.3, -0.25) is 4.99 Å². The van der Waals surface area contributed by atoms with Gasteiger partial charge in [0.15, 0.2) is 0 Å². The molecule has 1 heterocycles. The summed E-state index contributed by atoms with van der Waals surface area (Å²) in [6.07, 6.45) is 3.23. The molecule has 1 aliphatic rings. The van der Waals surface area contributed by atoms with Crippen LogP contribution in [0.1, 0.15) is 5.56 Å². The fraction of sp³-hybridized carbons (Fsp3) is 0.0909. The average molecular weight is 186 g/mol. The number of para-hydroxylation sites is 1. The molecule has 1 aromatic rings. The Morgan fingerprint density at radius 1 is 1.21 bits per heavy atom. The lowest BCUT2D eigenvalue weighted by molar-refractivity contribution is 0.420. The van der Waals surface area contributed by atoms with E-state index in [2.05, 4.69) is 16.6 Å². The molecule has 3 heteroatoms. The zero-order valence-corrected chi connectivity index (χ0v) is 7.68. The molecule has 0 spiro atoms. The first-order valence-corrected chi connectivity index (χ1v) is 4.33. The number of ether oxygens (including phenoxy) is 1.